The van der Waals surface area contributed by atoms with Crippen LogP contribution in [0, 0.1) is 11.8 Å². The van der Waals surface area contributed by atoms with Crippen molar-refractivity contribution in [2.24, 2.45) is 11.8 Å². The molecule has 20 heavy (non-hydrogen) atoms. The second-order valence-corrected chi connectivity index (χ2v) is 7.88. The lowest BCUT2D eigenvalue weighted by molar-refractivity contribution is 0.281. The lowest BCUT2D eigenvalue weighted by Crippen LogP contribution is -2.30. The summed E-state index contributed by atoms with van der Waals surface area (Å²) in [6.45, 7) is 4.57. The Kier molecular flexibility index (Phi) is 4.70. The highest BCUT2D eigenvalue weighted by atomic mass is 32.2. The van der Waals surface area contributed by atoms with Gasteiger partial charge in [0.25, 0.3) is 0 Å². The third kappa shape index (κ3) is 3.73. The molecule has 0 saturated heterocycles. The third-order valence-corrected chi connectivity index (χ3v) is 5.37. The molecule has 2 atom stereocenters. The molecule has 2 N–H and O–H groups in total. The van der Waals surface area contributed by atoms with Crippen molar-refractivity contribution in [3.63, 3.8) is 0 Å². The quantitative estimate of drug-likeness (QED) is 0.898. The second-order valence-electron chi connectivity index (χ2n) is 5.99. The average Bonchev–Trinajstić information content (AvgIpc) is 2.38. The van der Waals surface area contributed by atoms with Crippen molar-refractivity contribution in [2.45, 2.75) is 44.0 Å². The van der Waals surface area contributed by atoms with Crippen LogP contribution in [0.1, 0.15) is 33.1 Å². The first kappa shape index (κ1) is 15.3. The zero-order valence-corrected chi connectivity index (χ0v) is 13.2. The van der Waals surface area contributed by atoms with E-state index in [1.165, 1.54) is 13.5 Å². The Morgan fingerprint density at radius 3 is 2.35 bits per heavy atom. The standard InChI is InChI=1S/C15H24N2O2S/c1-11-7-12(2)9-14(8-11)17-13-5-4-6-15(10-13)20(18,19)16-3/h4-6,10-12,14,16-17H,7-9H2,1-3H3. The van der Waals surface area contributed by atoms with Gasteiger partial charge in [0.15, 0.2) is 0 Å². The summed E-state index contributed by atoms with van der Waals surface area (Å²) in [5.41, 5.74) is 0.882. The van der Waals surface area contributed by atoms with Crippen molar-refractivity contribution in [3.05, 3.63) is 24.3 Å². The zero-order chi connectivity index (χ0) is 14.8. The Bertz CT molecular complexity index is 547. The van der Waals surface area contributed by atoms with Gasteiger partial charge in [-0.2, -0.15) is 0 Å². The van der Waals surface area contributed by atoms with E-state index in [2.05, 4.69) is 23.9 Å². The Morgan fingerprint density at radius 1 is 1.10 bits per heavy atom. The Morgan fingerprint density at radius 2 is 1.75 bits per heavy atom. The zero-order valence-electron chi connectivity index (χ0n) is 12.4. The summed E-state index contributed by atoms with van der Waals surface area (Å²) in [6, 6.07) is 7.46. The summed E-state index contributed by atoms with van der Waals surface area (Å²) < 4.78 is 26.0. The maximum absolute atomic E-state index is 11.8. The molecule has 1 saturated carbocycles. The molecule has 0 amide bonds. The number of hydrogen-bond donors (Lipinski definition) is 2. The molecule has 0 spiro atoms. The SMILES string of the molecule is CNS(=O)(=O)c1cccc(NC2CC(C)CC(C)C2)c1. The lowest BCUT2D eigenvalue weighted by atomic mass is 9.80. The molecule has 4 nitrogen and oxygen atoms in total. The van der Waals surface area contributed by atoms with Gasteiger partial charge in [0.1, 0.15) is 0 Å². The minimum absolute atomic E-state index is 0.307. The van der Waals surface area contributed by atoms with Crippen LogP contribution in [-0.2, 0) is 10.0 Å². The van der Waals surface area contributed by atoms with E-state index in [1.807, 2.05) is 6.07 Å². The van der Waals surface area contributed by atoms with Crippen LogP contribution in [-0.4, -0.2) is 21.5 Å². The van der Waals surface area contributed by atoms with Crippen molar-refractivity contribution >= 4 is 15.7 Å². The van der Waals surface area contributed by atoms with Crippen LogP contribution < -0.4 is 10.0 Å². The minimum atomic E-state index is -3.37. The first-order valence-electron chi connectivity index (χ1n) is 7.21. The topological polar surface area (TPSA) is 58.2 Å². The average molecular weight is 296 g/mol. The van der Waals surface area contributed by atoms with E-state index in [4.69, 9.17) is 0 Å². The van der Waals surface area contributed by atoms with Crippen LogP contribution in [0.25, 0.3) is 0 Å². The summed E-state index contributed by atoms with van der Waals surface area (Å²) in [6.07, 6.45) is 3.58. The van der Waals surface area contributed by atoms with Crippen molar-refractivity contribution in [2.75, 3.05) is 12.4 Å². The maximum atomic E-state index is 11.8. The maximum Gasteiger partial charge on any atom is 0.240 e. The Hall–Kier alpha value is -1.07. The molecule has 0 bridgehead atoms. The molecule has 1 aliphatic carbocycles. The highest BCUT2D eigenvalue weighted by Gasteiger charge is 2.24. The Balaban J connectivity index is 2.12. The van der Waals surface area contributed by atoms with Crippen LogP contribution in [0.3, 0.4) is 0 Å². The smallest absolute Gasteiger partial charge is 0.240 e. The number of sulfonamides is 1. The van der Waals surface area contributed by atoms with Gasteiger partial charge in [-0.25, -0.2) is 13.1 Å². The predicted molar refractivity (Wildman–Crippen MR) is 82.3 cm³/mol. The molecule has 0 aromatic heterocycles. The number of benzene rings is 1. The summed E-state index contributed by atoms with van der Waals surface area (Å²) in [7, 11) is -1.94. The van der Waals surface area contributed by atoms with Gasteiger partial charge >= 0.3 is 0 Å². The van der Waals surface area contributed by atoms with Crippen LogP contribution in [0.2, 0.25) is 0 Å². The fourth-order valence-electron chi connectivity index (χ4n) is 3.17. The van der Waals surface area contributed by atoms with E-state index in [0.29, 0.717) is 10.9 Å². The van der Waals surface area contributed by atoms with Crippen LogP contribution in [0.5, 0.6) is 0 Å². The van der Waals surface area contributed by atoms with Gasteiger partial charge in [-0.3, -0.25) is 0 Å². The number of nitrogens with one attached hydrogen (secondary N) is 2. The molecular weight excluding hydrogens is 272 g/mol. The Labute approximate surface area is 122 Å². The van der Waals surface area contributed by atoms with E-state index in [0.717, 1.165) is 30.4 Å². The highest BCUT2D eigenvalue weighted by molar-refractivity contribution is 7.89. The molecule has 2 rings (SSSR count). The van der Waals surface area contributed by atoms with E-state index in [1.54, 1.807) is 18.2 Å². The number of hydrogen-bond acceptors (Lipinski definition) is 3. The second kappa shape index (κ2) is 6.14. The molecule has 1 fully saturated rings. The van der Waals surface area contributed by atoms with Crippen LogP contribution >= 0.6 is 0 Å². The lowest BCUT2D eigenvalue weighted by Gasteiger charge is -2.32. The molecule has 1 aromatic rings. The van der Waals surface area contributed by atoms with Gasteiger partial charge in [-0.15, -0.1) is 0 Å². The van der Waals surface area contributed by atoms with E-state index in [-0.39, 0.29) is 0 Å². The van der Waals surface area contributed by atoms with Crippen molar-refractivity contribution in [1.82, 2.24) is 4.72 Å². The van der Waals surface area contributed by atoms with E-state index >= 15 is 0 Å². The molecular formula is C15H24N2O2S. The fourth-order valence-corrected chi connectivity index (χ4v) is 3.95. The molecule has 0 heterocycles. The molecule has 2 unspecified atom stereocenters. The van der Waals surface area contributed by atoms with E-state index in [9.17, 15) is 8.42 Å². The first-order valence-corrected chi connectivity index (χ1v) is 8.69. The molecule has 1 aromatic carbocycles. The van der Waals surface area contributed by atoms with Crippen molar-refractivity contribution in [3.8, 4) is 0 Å². The normalized spacial score (nSPS) is 27.2. The number of rotatable bonds is 4. The molecule has 0 radical (unpaired) electrons. The van der Waals surface area contributed by atoms with Gasteiger partial charge in [0, 0.05) is 11.7 Å². The number of anilines is 1. The van der Waals surface area contributed by atoms with Gasteiger partial charge < -0.3 is 5.32 Å². The summed E-state index contributed by atoms with van der Waals surface area (Å²) in [5.74, 6) is 1.45. The molecule has 5 heteroatoms. The van der Waals surface area contributed by atoms with Gasteiger partial charge in [0.2, 0.25) is 10.0 Å². The minimum Gasteiger partial charge on any atom is -0.382 e. The molecule has 112 valence electrons. The highest BCUT2D eigenvalue weighted by Crippen LogP contribution is 2.30. The van der Waals surface area contributed by atoms with Gasteiger partial charge in [0.05, 0.1) is 4.90 Å². The third-order valence-electron chi connectivity index (χ3n) is 3.96. The summed E-state index contributed by atoms with van der Waals surface area (Å²) in [5, 5.41) is 3.49. The van der Waals surface area contributed by atoms with Crippen LogP contribution in [0.4, 0.5) is 5.69 Å². The van der Waals surface area contributed by atoms with Gasteiger partial charge in [-0.1, -0.05) is 19.9 Å². The predicted octanol–water partition coefficient (Wildman–Crippen LogP) is 2.83. The summed E-state index contributed by atoms with van der Waals surface area (Å²) in [4.78, 5) is 0.307. The van der Waals surface area contributed by atoms with E-state index < -0.39 is 10.0 Å². The van der Waals surface area contributed by atoms with Gasteiger partial charge in [-0.05, 0) is 56.3 Å². The van der Waals surface area contributed by atoms with Crippen LogP contribution in [0.15, 0.2) is 29.2 Å². The fraction of sp³-hybridized carbons (Fsp3) is 0.600. The van der Waals surface area contributed by atoms with Crippen molar-refractivity contribution < 1.29 is 8.42 Å². The monoisotopic (exact) mass is 296 g/mol. The van der Waals surface area contributed by atoms with Crippen molar-refractivity contribution in [1.29, 1.82) is 0 Å². The molecule has 0 aliphatic heterocycles. The summed E-state index contributed by atoms with van der Waals surface area (Å²) >= 11 is 0. The largest absolute Gasteiger partial charge is 0.382 e. The first-order chi connectivity index (χ1) is 9.40. The molecule has 1 aliphatic rings.